The molecule has 0 aliphatic heterocycles. The summed E-state index contributed by atoms with van der Waals surface area (Å²) in [4.78, 5) is 3.72. The quantitative estimate of drug-likeness (QED) is 0.261. The van der Waals surface area contributed by atoms with Crippen LogP contribution in [0.1, 0.15) is 18.1 Å². The highest BCUT2D eigenvalue weighted by Crippen LogP contribution is 2.42. The molecule has 0 saturated carbocycles. The van der Waals surface area contributed by atoms with Gasteiger partial charge < -0.3 is 9.55 Å². The lowest BCUT2D eigenvalue weighted by Crippen LogP contribution is -1.96. The molecule has 2 aromatic heterocycles. The van der Waals surface area contributed by atoms with Crippen molar-refractivity contribution in [2.75, 3.05) is 0 Å². The van der Waals surface area contributed by atoms with Gasteiger partial charge in [-0.2, -0.15) is 0 Å². The van der Waals surface area contributed by atoms with Gasteiger partial charge >= 0.3 is 0 Å². The van der Waals surface area contributed by atoms with E-state index in [1.165, 1.54) is 76.6 Å². The zero-order valence-electron chi connectivity index (χ0n) is 19.7. The van der Waals surface area contributed by atoms with Crippen LogP contribution >= 0.6 is 0 Å². The third-order valence-electron chi connectivity index (χ3n) is 7.67. The molecule has 0 aliphatic rings. The van der Waals surface area contributed by atoms with Gasteiger partial charge in [0.15, 0.2) is 0 Å². The monoisotopic (exact) mass is 438 g/mol. The zero-order chi connectivity index (χ0) is 23.0. The summed E-state index contributed by atoms with van der Waals surface area (Å²) in [6, 6.07) is 31.2. The van der Waals surface area contributed by atoms with E-state index in [1.54, 1.807) is 0 Å². The molecular weight excluding hydrogens is 412 g/mol. The van der Waals surface area contributed by atoms with Crippen LogP contribution < -0.4 is 0 Å². The first-order valence-corrected chi connectivity index (χ1v) is 12.1. The van der Waals surface area contributed by atoms with Crippen molar-refractivity contribution in [3.63, 3.8) is 0 Å². The van der Waals surface area contributed by atoms with Crippen LogP contribution in [0.15, 0.2) is 84.9 Å². The molecule has 0 aliphatic carbocycles. The highest BCUT2D eigenvalue weighted by atomic mass is 15.0. The van der Waals surface area contributed by atoms with E-state index in [4.69, 9.17) is 0 Å². The molecule has 0 amide bonds. The Labute approximate surface area is 198 Å². The van der Waals surface area contributed by atoms with Gasteiger partial charge in [0.05, 0.1) is 11.2 Å². The Morgan fingerprint density at radius 2 is 1.41 bits per heavy atom. The molecule has 34 heavy (non-hydrogen) atoms. The number of rotatable bonds is 2. The first-order valence-electron chi connectivity index (χ1n) is 12.1. The standard InChI is InChI=1S/C32H26N2/c1-4-20-9-7-8-12-25(20)31-19(2)24-14-16-28-30(32(24)34(31)3)29-26-18-22-11-6-5-10-21(22)17-23(26)13-15-27(29)33-28/h5-18,33H,4H2,1-3H3. The van der Waals surface area contributed by atoms with Crippen molar-refractivity contribution in [2.45, 2.75) is 20.3 Å². The van der Waals surface area contributed by atoms with E-state index in [9.17, 15) is 0 Å². The second-order valence-electron chi connectivity index (χ2n) is 9.46. The average Bonchev–Trinajstić information content (AvgIpc) is 3.37. The topological polar surface area (TPSA) is 20.7 Å². The van der Waals surface area contributed by atoms with E-state index < -0.39 is 0 Å². The molecule has 5 aromatic carbocycles. The van der Waals surface area contributed by atoms with Crippen LogP contribution in [0.2, 0.25) is 0 Å². The fraction of sp³-hybridized carbons (Fsp3) is 0.125. The first-order chi connectivity index (χ1) is 16.7. The van der Waals surface area contributed by atoms with Crippen molar-refractivity contribution in [2.24, 2.45) is 7.05 Å². The highest BCUT2D eigenvalue weighted by molar-refractivity contribution is 6.28. The molecule has 0 saturated heterocycles. The third-order valence-corrected chi connectivity index (χ3v) is 7.67. The summed E-state index contributed by atoms with van der Waals surface area (Å²) in [6.45, 7) is 4.52. The van der Waals surface area contributed by atoms with E-state index in [2.05, 4.69) is 115 Å². The fourth-order valence-electron chi connectivity index (χ4n) is 6.07. The predicted octanol–water partition coefficient (Wildman–Crippen LogP) is 8.66. The number of hydrogen-bond donors (Lipinski definition) is 1. The molecule has 164 valence electrons. The van der Waals surface area contributed by atoms with Gasteiger partial charge in [0.2, 0.25) is 0 Å². The number of aryl methyl sites for hydroxylation is 3. The van der Waals surface area contributed by atoms with Gasteiger partial charge in [-0.15, -0.1) is 0 Å². The van der Waals surface area contributed by atoms with Crippen molar-refractivity contribution in [1.29, 1.82) is 0 Å². The maximum absolute atomic E-state index is 3.72. The lowest BCUT2D eigenvalue weighted by molar-refractivity contribution is 0.972. The molecule has 0 atom stereocenters. The van der Waals surface area contributed by atoms with Crippen LogP contribution in [0.4, 0.5) is 0 Å². The number of aromatic nitrogens is 2. The molecule has 2 heteroatoms. The molecule has 0 fully saturated rings. The van der Waals surface area contributed by atoms with Crippen LogP contribution in [0.5, 0.6) is 0 Å². The number of H-pyrrole nitrogens is 1. The number of hydrogen-bond acceptors (Lipinski definition) is 0. The number of fused-ring (bicyclic) bond motifs is 8. The van der Waals surface area contributed by atoms with Crippen molar-refractivity contribution in [3.8, 4) is 11.3 Å². The summed E-state index contributed by atoms with van der Waals surface area (Å²) in [7, 11) is 2.23. The molecule has 7 rings (SSSR count). The molecule has 0 spiro atoms. The van der Waals surface area contributed by atoms with E-state index in [0.29, 0.717) is 0 Å². The molecule has 2 heterocycles. The second kappa shape index (κ2) is 6.98. The van der Waals surface area contributed by atoms with Gasteiger partial charge in [0.1, 0.15) is 0 Å². The summed E-state index contributed by atoms with van der Waals surface area (Å²) < 4.78 is 2.43. The van der Waals surface area contributed by atoms with E-state index in [0.717, 1.165) is 6.42 Å². The molecule has 0 unspecified atom stereocenters. The molecule has 1 N–H and O–H groups in total. The fourth-order valence-corrected chi connectivity index (χ4v) is 6.07. The zero-order valence-corrected chi connectivity index (χ0v) is 19.7. The van der Waals surface area contributed by atoms with Crippen LogP contribution in [0.25, 0.3) is 65.5 Å². The van der Waals surface area contributed by atoms with Crippen molar-refractivity contribution >= 4 is 54.3 Å². The molecule has 2 nitrogen and oxygen atoms in total. The minimum Gasteiger partial charge on any atom is -0.354 e. The minimum absolute atomic E-state index is 1.03. The first kappa shape index (κ1) is 19.4. The minimum atomic E-state index is 1.03. The maximum Gasteiger partial charge on any atom is 0.0587 e. The Morgan fingerprint density at radius 1 is 0.706 bits per heavy atom. The number of nitrogens with zero attached hydrogens (tertiary/aromatic N) is 1. The Kier molecular flexibility index (Phi) is 3.99. The van der Waals surface area contributed by atoms with Crippen LogP contribution in [-0.2, 0) is 13.5 Å². The Hall–Kier alpha value is -4.04. The van der Waals surface area contributed by atoms with Gasteiger partial charge in [-0.3, -0.25) is 0 Å². The Morgan fingerprint density at radius 3 is 2.24 bits per heavy atom. The summed E-state index contributed by atoms with van der Waals surface area (Å²) in [5.41, 5.74) is 9.09. The summed E-state index contributed by atoms with van der Waals surface area (Å²) in [5.74, 6) is 0. The predicted molar refractivity (Wildman–Crippen MR) is 147 cm³/mol. The largest absolute Gasteiger partial charge is 0.354 e. The number of benzene rings is 5. The number of nitrogens with one attached hydrogen (secondary N) is 1. The van der Waals surface area contributed by atoms with Crippen molar-refractivity contribution in [1.82, 2.24) is 9.55 Å². The third kappa shape index (κ3) is 2.51. The highest BCUT2D eigenvalue weighted by Gasteiger charge is 2.20. The lowest BCUT2D eigenvalue weighted by Gasteiger charge is -2.11. The average molecular weight is 439 g/mol. The number of aromatic amines is 1. The van der Waals surface area contributed by atoms with E-state index >= 15 is 0 Å². The molecule has 0 bridgehead atoms. The summed E-state index contributed by atoms with van der Waals surface area (Å²) >= 11 is 0. The molecule has 7 aromatic rings. The van der Waals surface area contributed by atoms with E-state index in [1.807, 2.05) is 0 Å². The van der Waals surface area contributed by atoms with Gasteiger partial charge in [-0.05, 0) is 70.3 Å². The van der Waals surface area contributed by atoms with Gasteiger partial charge in [0, 0.05) is 39.8 Å². The summed E-state index contributed by atoms with van der Waals surface area (Å²) in [5, 5.41) is 9.13. The lowest BCUT2D eigenvalue weighted by atomic mass is 9.98. The van der Waals surface area contributed by atoms with Gasteiger partial charge in [-0.25, -0.2) is 0 Å². The second-order valence-corrected chi connectivity index (χ2v) is 9.46. The van der Waals surface area contributed by atoms with Crippen LogP contribution in [-0.4, -0.2) is 9.55 Å². The summed E-state index contributed by atoms with van der Waals surface area (Å²) in [6.07, 6.45) is 1.03. The normalized spacial score (nSPS) is 12.1. The Balaban J connectivity index is 1.68. The van der Waals surface area contributed by atoms with Crippen molar-refractivity contribution < 1.29 is 0 Å². The van der Waals surface area contributed by atoms with Crippen LogP contribution in [0, 0.1) is 6.92 Å². The molecule has 0 radical (unpaired) electrons. The Bertz CT molecular complexity index is 1910. The maximum atomic E-state index is 3.72. The van der Waals surface area contributed by atoms with Gasteiger partial charge in [-0.1, -0.05) is 67.6 Å². The van der Waals surface area contributed by atoms with Crippen molar-refractivity contribution in [3.05, 3.63) is 96.1 Å². The SMILES string of the molecule is CCc1ccccc1-c1c(C)c2ccc3[nH]c4ccc5cc6ccccc6cc5c4c3c2n1C. The van der Waals surface area contributed by atoms with E-state index in [-0.39, 0.29) is 0 Å². The van der Waals surface area contributed by atoms with Gasteiger partial charge in [0.25, 0.3) is 0 Å². The van der Waals surface area contributed by atoms with Crippen LogP contribution in [0.3, 0.4) is 0 Å². The molecular formula is C32H26N2. The smallest absolute Gasteiger partial charge is 0.0587 e.